The standard InChI is InChI=1S/C14H17FN2O4/c1-14(12(18)19)8-21-7-11(14)16-13(20)17(2)10-5-3-9(15)4-6-10/h3-6,11H,7-8H2,1-2H3,(H,16,20)(H,18,19). The van der Waals surface area contributed by atoms with E-state index in [2.05, 4.69) is 5.32 Å². The molecule has 0 aliphatic carbocycles. The first-order chi connectivity index (χ1) is 9.84. The SMILES string of the molecule is CN(C(=O)NC1COCC1(C)C(=O)O)c1ccc(F)cc1. The van der Waals surface area contributed by atoms with Gasteiger partial charge in [-0.05, 0) is 31.2 Å². The largest absolute Gasteiger partial charge is 0.481 e. The average Bonchev–Trinajstić information content (AvgIpc) is 2.81. The van der Waals surface area contributed by atoms with E-state index in [1.54, 1.807) is 0 Å². The van der Waals surface area contributed by atoms with Crippen LogP contribution in [0.25, 0.3) is 0 Å². The molecule has 1 heterocycles. The maximum Gasteiger partial charge on any atom is 0.321 e. The van der Waals surface area contributed by atoms with Crippen LogP contribution in [0.2, 0.25) is 0 Å². The number of anilines is 1. The first-order valence-electron chi connectivity index (χ1n) is 6.45. The maximum atomic E-state index is 12.9. The van der Waals surface area contributed by atoms with Gasteiger partial charge < -0.3 is 15.2 Å². The molecule has 0 aromatic heterocycles. The van der Waals surface area contributed by atoms with Crippen LogP contribution in [0.5, 0.6) is 0 Å². The van der Waals surface area contributed by atoms with E-state index < -0.39 is 29.3 Å². The van der Waals surface area contributed by atoms with Crippen LogP contribution in [0, 0.1) is 11.2 Å². The number of halogens is 1. The van der Waals surface area contributed by atoms with E-state index >= 15 is 0 Å². The Kier molecular flexibility index (Phi) is 4.13. The number of carboxylic acid groups (broad SMARTS) is 1. The number of hydrogen-bond acceptors (Lipinski definition) is 3. The van der Waals surface area contributed by atoms with Crippen molar-refractivity contribution < 1.29 is 23.8 Å². The van der Waals surface area contributed by atoms with Crippen molar-refractivity contribution in [3.05, 3.63) is 30.1 Å². The van der Waals surface area contributed by atoms with E-state index in [1.165, 1.54) is 43.1 Å². The second kappa shape index (κ2) is 5.69. The van der Waals surface area contributed by atoms with Crippen molar-refractivity contribution in [2.45, 2.75) is 13.0 Å². The Labute approximate surface area is 121 Å². The lowest BCUT2D eigenvalue weighted by molar-refractivity contribution is -0.148. The van der Waals surface area contributed by atoms with E-state index in [4.69, 9.17) is 4.74 Å². The van der Waals surface area contributed by atoms with Gasteiger partial charge in [0, 0.05) is 12.7 Å². The molecule has 2 unspecified atom stereocenters. The highest BCUT2D eigenvalue weighted by Gasteiger charge is 2.47. The number of nitrogens with zero attached hydrogens (tertiary/aromatic N) is 1. The smallest absolute Gasteiger partial charge is 0.321 e. The molecule has 2 rings (SSSR count). The van der Waals surface area contributed by atoms with E-state index in [9.17, 15) is 19.1 Å². The van der Waals surface area contributed by atoms with Crippen molar-refractivity contribution in [2.24, 2.45) is 5.41 Å². The van der Waals surface area contributed by atoms with Gasteiger partial charge in [-0.3, -0.25) is 9.69 Å². The number of hydrogen-bond donors (Lipinski definition) is 2. The summed E-state index contributed by atoms with van der Waals surface area (Å²) < 4.78 is 18.0. The molecule has 2 atom stereocenters. The summed E-state index contributed by atoms with van der Waals surface area (Å²) in [5.74, 6) is -1.41. The molecule has 2 N–H and O–H groups in total. The van der Waals surface area contributed by atoms with E-state index in [-0.39, 0.29) is 13.2 Å². The van der Waals surface area contributed by atoms with Gasteiger partial charge in [0.15, 0.2) is 0 Å². The first-order valence-corrected chi connectivity index (χ1v) is 6.45. The van der Waals surface area contributed by atoms with Crippen molar-refractivity contribution in [2.75, 3.05) is 25.2 Å². The fraction of sp³-hybridized carbons (Fsp3) is 0.429. The summed E-state index contributed by atoms with van der Waals surface area (Å²) in [7, 11) is 1.52. The number of carbonyl (C=O) groups is 2. The molecule has 7 heteroatoms. The molecule has 0 radical (unpaired) electrons. The number of nitrogens with one attached hydrogen (secondary N) is 1. The molecule has 2 amide bonds. The average molecular weight is 296 g/mol. The second-order valence-electron chi connectivity index (χ2n) is 5.28. The van der Waals surface area contributed by atoms with Crippen molar-refractivity contribution in [1.82, 2.24) is 5.32 Å². The molecular weight excluding hydrogens is 279 g/mol. The van der Waals surface area contributed by atoms with E-state index in [0.717, 1.165) is 0 Å². The number of rotatable bonds is 3. The molecule has 0 spiro atoms. The van der Waals surface area contributed by atoms with Crippen LogP contribution in [-0.4, -0.2) is 43.4 Å². The lowest BCUT2D eigenvalue weighted by Crippen LogP contribution is -2.52. The third-order valence-corrected chi connectivity index (χ3v) is 3.76. The van der Waals surface area contributed by atoms with Crippen LogP contribution >= 0.6 is 0 Å². The Hall–Kier alpha value is -2.15. The molecule has 1 aromatic carbocycles. The quantitative estimate of drug-likeness (QED) is 0.885. The van der Waals surface area contributed by atoms with Gasteiger partial charge in [-0.1, -0.05) is 0 Å². The number of urea groups is 1. The highest BCUT2D eigenvalue weighted by Crippen LogP contribution is 2.29. The van der Waals surface area contributed by atoms with Crippen molar-refractivity contribution >= 4 is 17.7 Å². The van der Waals surface area contributed by atoms with Crippen LogP contribution in [-0.2, 0) is 9.53 Å². The molecule has 1 aromatic rings. The summed E-state index contributed by atoms with van der Waals surface area (Å²) in [6, 6.07) is 4.35. The summed E-state index contributed by atoms with van der Waals surface area (Å²) >= 11 is 0. The van der Waals surface area contributed by atoms with Crippen molar-refractivity contribution in [1.29, 1.82) is 0 Å². The predicted molar refractivity (Wildman–Crippen MR) is 73.7 cm³/mol. The highest BCUT2D eigenvalue weighted by molar-refractivity contribution is 5.92. The Morgan fingerprint density at radius 3 is 2.62 bits per heavy atom. The lowest BCUT2D eigenvalue weighted by atomic mass is 9.85. The summed E-state index contributed by atoms with van der Waals surface area (Å²) in [6.45, 7) is 1.73. The van der Waals surface area contributed by atoms with Crippen LogP contribution in [0.3, 0.4) is 0 Å². The minimum Gasteiger partial charge on any atom is -0.481 e. The zero-order valence-corrected chi connectivity index (χ0v) is 11.8. The minimum absolute atomic E-state index is 0.0491. The van der Waals surface area contributed by atoms with Crippen LogP contribution in [0.4, 0.5) is 14.9 Å². The molecule has 1 aliphatic heterocycles. The van der Waals surface area contributed by atoms with E-state index in [1.807, 2.05) is 0 Å². The van der Waals surface area contributed by atoms with Crippen LogP contribution in [0.1, 0.15) is 6.92 Å². The minimum atomic E-state index is -1.15. The Morgan fingerprint density at radius 1 is 1.43 bits per heavy atom. The molecule has 0 saturated carbocycles. The molecule has 1 saturated heterocycles. The Bertz CT molecular complexity index is 548. The van der Waals surface area contributed by atoms with Gasteiger partial charge in [0.05, 0.1) is 19.3 Å². The molecule has 21 heavy (non-hydrogen) atoms. The highest BCUT2D eigenvalue weighted by atomic mass is 19.1. The number of ether oxygens (including phenoxy) is 1. The Balaban J connectivity index is 2.07. The molecule has 1 fully saturated rings. The maximum absolute atomic E-state index is 12.9. The molecular formula is C14H17FN2O4. The van der Waals surface area contributed by atoms with Crippen LogP contribution < -0.4 is 10.2 Å². The lowest BCUT2D eigenvalue weighted by Gasteiger charge is -2.28. The third-order valence-electron chi connectivity index (χ3n) is 3.76. The zero-order chi connectivity index (χ0) is 15.6. The van der Waals surface area contributed by atoms with Gasteiger partial charge in [0.1, 0.15) is 11.2 Å². The molecule has 6 nitrogen and oxygen atoms in total. The molecule has 1 aliphatic rings. The van der Waals surface area contributed by atoms with E-state index in [0.29, 0.717) is 5.69 Å². The van der Waals surface area contributed by atoms with Gasteiger partial charge in [-0.2, -0.15) is 0 Å². The summed E-state index contributed by atoms with van der Waals surface area (Å²) in [5.41, 5.74) is -0.649. The second-order valence-corrected chi connectivity index (χ2v) is 5.28. The normalized spacial score (nSPS) is 24.6. The van der Waals surface area contributed by atoms with Crippen molar-refractivity contribution in [3.8, 4) is 0 Å². The number of carboxylic acids is 1. The van der Waals surface area contributed by atoms with Gasteiger partial charge in [-0.15, -0.1) is 0 Å². The predicted octanol–water partition coefficient (Wildman–Crippen LogP) is 1.46. The zero-order valence-electron chi connectivity index (χ0n) is 11.8. The number of amides is 2. The summed E-state index contributed by atoms with van der Waals surface area (Å²) in [4.78, 5) is 24.8. The van der Waals surface area contributed by atoms with Gasteiger partial charge in [-0.25, -0.2) is 9.18 Å². The number of carbonyl (C=O) groups excluding carboxylic acids is 1. The van der Waals surface area contributed by atoms with Crippen LogP contribution in [0.15, 0.2) is 24.3 Å². The van der Waals surface area contributed by atoms with Crippen molar-refractivity contribution in [3.63, 3.8) is 0 Å². The molecule has 114 valence electrons. The van der Waals surface area contributed by atoms with Gasteiger partial charge in [0.25, 0.3) is 0 Å². The summed E-state index contributed by atoms with van der Waals surface area (Å²) in [5, 5.41) is 11.9. The van der Waals surface area contributed by atoms with Gasteiger partial charge in [0.2, 0.25) is 0 Å². The fourth-order valence-corrected chi connectivity index (χ4v) is 2.11. The number of benzene rings is 1. The third kappa shape index (κ3) is 2.97. The first kappa shape index (κ1) is 15.2. The van der Waals surface area contributed by atoms with Gasteiger partial charge >= 0.3 is 12.0 Å². The molecule has 0 bridgehead atoms. The number of aliphatic carboxylic acids is 1. The topological polar surface area (TPSA) is 78.9 Å². The Morgan fingerprint density at radius 2 is 2.05 bits per heavy atom. The fourth-order valence-electron chi connectivity index (χ4n) is 2.11. The monoisotopic (exact) mass is 296 g/mol. The summed E-state index contributed by atoms with van der Waals surface area (Å²) in [6.07, 6.45) is 0.